The molecule has 5 heteroatoms. The van der Waals surface area contributed by atoms with Crippen molar-refractivity contribution >= 4 is 0 Å². The van der Waals surface area contributed by atoms with Crippen LogP contribution in [0, 0.1) is 17.8 Å². The molecule has 0 amide bonds. The zero-order chi connectivity index (χ0) is 25.8. The summed E-state index contributed by atoms with van der Waals surface area (Å²) in [5.41, 5.74) is 1.46. The van der Waals surface area contributed by atoms with E-state index in [1.807, 2.05) is 84.9 Å². The number of ether oxygens (including phenoxy) is 1. The number of benzene rings is 1. The van der Waals surface area contributed by atoms with Crippen molar-refractivity contribution in [3.63, 3.8) is 0 Å². The van der Waals surface area contributed by atoms with Gasteiger partial charge in [0.05, 0.1) is 22.8 Å². The Morgan fingerprint density at radius 2 is 1.51 bits per heavy atom. The van der Waals surface area contributed by atoms with Gasteiger partial charge in [0.15, 0.2) is 5.60 Å². The molecule has 0 bridgehead atoms. The Labute approximate surface area is 219 Å². The highest BCUT2D eigenvalue weighted by Crippen LogP contribution is 2.38. The minimum Gasteiger partial charge on any atom is -0.474 e. The van der Waals surface area contributed by atoms with E-state index in [0.717, 1.165) is 24.1 Å². The molecule has 0 saturated heterocycles. The Morgan fingerprint density at radius 3 is 2.24 bits per heavy atom. The number of aliphatic hydroxyl groups is 1. The highest BCUT2D eigenvalue weighted by molar-refractivity contribution is 5.59. The Bertz CT molecular complexity index is 1310. The highest BCUT2D eigenvalue weighted by atomic mass is 16.5. The number of aromatic nitrogens is 3. The maximum Gasteiger partial charge on any atom is 0.213 e. The van der Waals surface area contributed by atoms with Crippen molar-refractivity contribution in [2.45, 2.75) is 51.7 Å². The van der Waals surface area contributed by atoms with Crippen molar-refractivity contribution in [1.82, 2.24) is 15.0 Å². The van der Waals surface area contributed by atoms with Gasteiger partial charge in [0, 0.05) is 17.8 Å². The van der Waals surface area contributed by atoms with E-state index >= 15 is 0 Å². The van der Waals surface area contributed by atoms with Crippen molar-refractivity contribution in [3.05, 3.63) is 108 Å². The normalized spacial score (nSPS) is 21.4. The van der Waals surface area contributed by atoms with E-state index in [1.54, 1.807) is 6.20 Å². The van der Waals surface area contributed by atoms with E-state index in [2.05, 4.69) is 25.8 Å². The smallest absolute Gasteiger partial charge is 0.213 e. The van der Waals surface area contributed by atoms with Crippen LogP contribution >= 0.6 is 0 Å². The Hall–Kier alpha value is -3.57. The first-order valence-electron chi connectivity index (χ1n) is 13.3. The van der Waals surface area contributed by atoms with Gasteiger partial charge in [-0.3, -0.25) is 4.98 Å². The quantitative estimate of drug-likeness (QED) is 0.312. The van der Waals surface area contributed by atoms with Crippen LogP contribution in [-0.4, -0.2) is 26.2 Å². The summed E-state index contributed by atoms with van der Waals surface area (Å²) in [5.74, 6) is 2.17. The van der Waals surface area contributed by atoms with Gasteiger partial charge < -0.3 is 9.84 Å². The second-order valence-electron chi connectivity index (χ2n) is 10.5. The molecule has 1 saturated carbocycles. The number of hydrogen-bond donors (Lipinski definition) is 1. The first-order chi connectivity index (χ1) is 17.9. The van der Waals surface area contributed by atoms with E-state index in [4.69, 9.17) is 14.7 Å². The van der Waals surface area contributed by atoms with Gasteiger partial charge in [-0.2, -0.15) is 0 Å². The lowest BCUT2D eigenvalue weighted by atomic mass is 9.75. The number of rotatable bonds is 7. The van der Waals surface area contributed by atoms with Gasteiger partial charge in [-0.25, -0.2) is 9.97 Å². The molecule has 1 fully saturated rings. The molecule has 3 heterocycles. The fourth-order valence-corrected chi connectivity index (χ4v) is 5.46. The fraction of sp³-hybridized carbons (Fsp3) is 0.344. The van der Waals surface area contributed by atoms with Gasteiger partial charge in [-0.05, 0) is 60.9 Å². The van der Waals surface area contributed by atoms with Crippen molar-refractivity contribution < 1.29 is 9.84 Å². The monoisotopic (exact) mass is 493 g/mol. The Balaban J connectivity index is 1.56. The Kier molecular flexibility index (Phi) is 7.33. The maximum atomic E-state index is 12.4. The predicted octanol–water partition coefficient (Wildman–Crippen LogP) is 6.66. The zero-order valence-corrected chi connectivity index (χ0v) is 21.8. The average Bonchev–Trinajstić information content (AvgIpc) is 2.94. The number of pyridine rings is 3. The first-order valence-corrected chi connectivity index (χ1v) is 13.3. The van der Waals surface area contributed by atoms with Gasteiger partial charge in [0.1, 0.15) is 6.10 Å². The van der Waals surface area contributed by atoms with Crippen molar-refractivity contribution in [2.24, 2.45) is 17.8 Å². The van der Waals surface area contributed by atoms with E-state index in [9.17, 15) is 5.11 Å². The zero-order valence-electron chi connectivity index (χ0n) is 21.8. The molecule has 37 heavy (non-hydrogen) atoms. The van der Waals surface area contributed by atoms with Crippen LogP contribution in [0.2, 0.25) is 0 Å². The summed E-state index contributed by atoms with van der Waals surface area (Å²) >= 11 is 0. The van der Waals surface area contributed by atoms with Crippen molar-refractivity contribution in [2.75, 3.05) is 0 Å². The lowest BCUT2D eigenvalue weighted by molar-refractivity contribution is 0.0412. The van der Waals surface area contributed by atoms with Crippen LogP contribution in [0.25, 0.3) is 11.3 Å². The third-order valence-corrected chi connectivity index (χ3v) is 7.55. The summed E-state index contributed by atoms with van der Waals surface area (Å²) in [6, 6.07) is 26.7. The van der Waals surface area contributed by atoms with Crippen LogP contribution < -0.4 is 4.74 Å². The standard InChI is InChI=1S/C32H35N3O2/c1-22(2)25-19-18-23(3)21-27(25)37-31-17-10-16-30(35-31)32(36,28-14-7-8-20-33-28)29-15-9-13-26(34-29)24-11-5-4-6-12-24/h4-17,20,22-23,25,27,36H,18-19,21H2,1-3H3/t23-,25+,27-,32?/m1/s1. The van der Waals surface area contributed by atoms with Crippen LogP contribution in [0.15, 0.2) is 91.1 Å². The third kappa shape index (κ3) is 5.28. The molecule has 4 atom stereocenters. The molecule has 0 aliphatic heterocycles. The van der Waals surface area contributed by atoms with Crippen LogP contribution in [0.3, 0.4) is 0 Å². The summed E-state index contributed by atoms with van der Waals surface area (Å²) in [5, 5.41) is 12.4. The molecule has 0 radical (unpaired) electrons. The molecule has 190 valence electrons. The second kappa shape index (κ2) is 10.8. The lowest BCUT2D eigenvalue weighted by Crippen LogP contribution is -2.37. The molecule has 1 aliphatic rings. The van der Waals surface area contributed by atoms with Gasteiger partial charge in [0.25, 0.3) is 0 Å². The van der Waals surface area contributed by atoms with Crippen molar-refractivity contribution in [1.29, 1.82) is 0 Å². The van der Waals surface area contributed by atoms with Gasteiger partial charge >= 0.3 is 0 Å². The lowest BCUT2D eigenvalue weighted by Gasteiger charge is -2.37. The van der Waals surface area contributed by atoms with Crippen LogP contribution in [0.4, 0.5) is 0 Å². The Morgan fingerprint density at radius 1 is 0.811 bits per heavy atom. The first kappa shape index (κ1) is 25.1. The summed E-state index contributed by atoms with van der Waals surface area (Å²) < 4.78 is 6.54. The topological polar surface area (TPSA) is 68.1 Å². The molecule has 1 aromatic carbocycles. The van der Waals surface area contributed by atoms with E-state index in [1.165, 1.54) is 6.42 Å². The van der Waals surface area contributed by atoms with E-state index < -0.39 is 5.60 Å². The molecule has 5 nitrogen and oxygen atoms in total. The van der Waals surface area contributed by atoms with Crippen LogP contribution in [0.1, 0.15) is 57.1 Å². The summed E-state index contributed by atoms with van der Waals surface area (Å²) in [6.07, 6.45) is 5.20. The third-order valence-electron chi connectivity index (χ3n) is 7.55. The van der Waals surface area contributed by atoms with Gasteiger partial charge in [-0.1, -0.05) is 75.7 Å². The summed E-state index contributed by atoms with van der Waals surface area (Å²) in [6.45, 7) is 6.83. The average molecular weight is 494 g/mol. The van der Waals surface area contributed by atoms with Crippen LogP contribution in [0.5, 0.6) is 5.88 Å². The predicted molar refractivity (Wildman–Crippen MR) is 146 cm³/mol. The van der Waals surface area contributed by atoms with E-state index in [-0.39, 0.29) is 6.10 Å². The molecule has 1 unspecified atom stereocenters. The molecular weight excluding hydrogens is 458 g/mol. The van der Waals surface area contributed by atoms with E-state index in [0.29, 0.717) is 40.7 Å². The summed E-state index contributed by atoms with van der Waals surface area (Å²) in [4.78, 5) is 14.3. The molecule has 3 aromatic heterocycles. The molecule has 4 aromatic rings. The SMILES string of the molecule is CC(C)[C@@H]1CC[C@@H](C)C[C@H]1Oc1cccc(C(O)(c2ccccn2)c2cccc(-c3ccccc3)n2)n1. The van der Waals surface area contributed by atoms with Crippen molar-refractivity contribution in [3.8, 4) is 17.1 Å². The minimum atomic E-state index is -1.65. The number of nitrogens with zero attached hydrogens (tertiary/aromatic N) is 3. The number of hydrogen-bond acceptors (Lipinski definition) is 5. The molecular formula is C32H35N3O2. The molecule has 1 aliphatic carbocycles. The minimum absolute atomic E-state index is 0.106. The molecule has 0 spiro atoms. The van der Waals surface area contributed by atoms with Gasteiger partial charge in [0.2, 0.25) is 5.88 Å². The second-order valence-corrected chi connectivity index (χ2v) is 10.5. The van der Waals surface area contributed by atoms with Crippen LogP contribution in [-0.2, 0) is 5.60 Å². The summed E-state index contributed by atoms with van der Waals surface area (Å²) in [7, 11) is 0. The largest absolute Gasteiger partial charge is 0.474 e. The fourth-order valence-electron chi connectivity index (χ4n) is 5.46. The maximum absolute atomic E-state index is 12.4. The van der Waals surface area contributed by atoms with Gasteiger partial charge in [-0.15, -0.1) is 0 Å². The molecule has 5 rings (SSSR count). The molecule has 1 N–H and O–H groups in total. The highest BCUT2D eigenvalue weighted by Gasteiger charge is 2.39.